The molecule has 0 fully saturated rings. The van der Waals surface area contributed by atoms with Crippen LogP contribution in [0.5, 0.6) is 0 Å². The predicted molar refractivity (Wildman–Crippen MR) is 120 cm³/mol. The van der Waals surface area contributed by atoms with Gasteiger partial charge in [0.25, 0.3) is 11.5 Å². The molecule has 30 heavy (non-hydrogen) atoms. The molecule has 3 rings (SSSR count). The first-order valence-electron chi connectivity index (χ1n) is 10.4. The lowest BCUT2D eigenvalue weighted by atomic mass is 10.1. The number of nitrogens with zero attached hydrogens (tertiary/aromatic N) is 4. The van der Waals surface area contributed by atoms with E-state index in [1.165, 1.54) is 4.52 Å². The van der Waals surface area contributed by atoms with Crippen LogP contribution in [0.15, 0.2) is 35.1 Å². The number of hydrogen-bond acceptors (Lipinski definition) is 3. The number of aromatic nitrogens is 3. The Bertz CT molecular complexity index is 1130. The molecule has 1 atom stereocenters. The summed E-state index contributed by atoms with van der Waals surface area (Å²) in [5, 5.41) is 5.18. The normalized spacial score (nSPS) is 12.3. The van der Waals surface area contributed by atoms with Gasteiger partial charge in [-0.05, 0) is 44.9 Å². The molecule has 0 saturated carbocycles. The van der Waals surface area contributed by atoms with Crippen molar-refractivity contribution in [1.29, 1.82) is 0 Å². The third kappa shape index (κ3) is 4.15. The monoisotopic (exact) mass is 428 g/mol. The zero-order chi connectivity index (χ0) is 22.0. The van der Waals surface area contributed by atoms with E-state index in [-0.39, 0.29) is 17.5 Å². The highest BCUT2D eigenvalue weighted by Gasteiger charge is 2.25. The van der Waals surface area contributed by atoms with Gasteiger partial charge in [0.2, 0.25) is 0 Å². The molecule has 1 aromatic carbocycles. The lowest BCUT2D eigenvalue weighted by Crippen LogP contribution is -2.38. The molecule has 3 aromatic rings. The van der Waals surface area contributed by atoms with Crippen LogP contribution < -0.4 is 5.56 Å². The molecule has 0 aliphatic heterocycles. The summed E-state index contributed by atoms with van der Waals surface area (Å²) in [5.41, 5.74) is 3.87. The molecule has 2 heterocycles. The van der Waals surface area contributed by atoms with E-state index in [2.05, 4.69) is 18.9 Å². The third-order valence-electron chi connectivity index (χ3n) is 5.70. The Kier molecular flexibility index (Phi) is 6.66. The number of halogens is 1. The quantitative estimate of drug-likeness (QED) is 0.560. The topological polar surface area (TPSA) is 59.6 Å². The van der Waals surface area contributed by atoms with Crippen molar-refractivity contribution in [2.75, 3.05) is 0 Å². The van der Waals surface area contributed by atoms with Gasteiger partial charge in [-0.3, -0.25) is 9.59 Å². The van der Waals surface area contributed by atoms with Crippen molar-refractivity contribution in [1.82, 2.24) is 19.1 Å². The number of hydrogen-bond donors (Lipinski definition) is 0. The fourth-order valence-electron chi connectivity index (χ4n) is 3.72. The molecular formula is C23H29ClN4O2. The van der Waals surface area contributed by atoms with E-state index >= 15 is 0 Å². The van der Waals surface area contributed by atoms with E-state index in [1.54, 1.807) is 30.3 Å². The maximum Gasteiger partial charge on any atom is 0.274 e. The fraction of sp³-hybridized carbons (Fsp3) is 0.435. The molecule has 2 aromatic heterocycles. The summed E-state index contributed by atoms with van der Waals surface area (Å²) in [6.07, 6.45) is 2.51. The Morgan fingerprint density at radius 3 is 2.63 bits per heavy atom. The Morgan fingerprint density at radius 1 is 1.27 bits per heavy atom. The van der Waals surface area contributed by atoms with Crippen molar-refractivity contribution in [2.45, 2.75) is 59.5 Å². The third-order valence-corrected chi connectivity index (χ3v) is 5.94. The van der Waals surface area contributed by atoms with Gasteiger partial charge in [-0.2, -0.15) is 9.61 Å². The maximum absolute atomic E-state index is 13.3. The number of carbonyl (C=O) groups is 1. The van der Waals surface area contributed by atoms with Crippen LogP contribution in [0.4, 0.5) is 0 Å². The van der Waals surface area contributed by atoms with Crippen molar-refractivity contribution >= 4 is 23.2 Å². The van der Waals surface area contributed by atoms with Crippen molar-refractivity contribution in [3.05, 3.63) is 68.2 Å². The van der Waals surface area contributed by atoms with Gasteiger partial charge in [-0.1, -0.05) is 37.9 Å². The SMILES string of the molecule is CCCc1c(CN(C(=O)c2cccc(Cl)c2)C(C)CC)nn2c(=O)cc(C)n(C)c12. The summed E-state index contributed by atoms with van der Waals surface area (Å²) >= 11 is 6.11. The highest BCUT2D eigenvalue weighted by molar-refractivity contribution is 6.30. The Balaban J connectivity index is 2.11. The minimum absolute atomic E-state index is 0.0120. The molecule has 0 spiro atoms. The van der Waals surface area contributed by atoms with E-state index in [0.29, 0.717) is 17.1 Å². The van der Waals surface area contributed by atoms with Gasteiger partial charge in [0.1, 0.15) is 5.65 Å². The summed E-state index contributed by atoms with van der Waals surface area (Å²) in [6, 6.07) is 8.60. The molecule has 6 nitrogen and oxygen atoms in total. The van der Waals surface area contributed by atoms with Crippen LogP contribution in [-0.4, -0.2) is 31.0 Å². The van der Waals surface area contributed by atoms with Gasteiger partial charge < -0.3 is 9.47 Å². The smallest absolute Gasteiger partial charge is 0.274 e. The number of amides is 1. The van der Waals surface area contributed by atoms with Crippen LogP contribution >= 0.6 is 11.6 Å². The van der Waals surface area contributed by atoms with E-state index in [1.807, 2.05) is 30.4 Å². The van der Waals surface area contributed by atoms with Crippen LogP contribution in [0.3, 0.4) is 0 Å². The molecule has 0 N–H and O–H groups in total. The molecule has 0 aliphatic rings. The lowest BCUT2D eigenvalue weighted by molar-refractivity contribution is 0.0668. The van der Waals surface area contributed by atoms with Crippen molar-refractivity contribution < 1.29 is 4.79 Å². The number of rotatable bonds is 7. The molecule has 0 bridgehead atoms. The summed E-state index contributed by atoms with van der Waals surface area (Å²) in [5.74, 6) is -0.0887. The zero-order valence-corrected chi connectivity index (χ0v) is 19.0. The summed E-state index contributed by atoms with van der Waals surface area (Å²) < 4.78 is 3.46. The molecule has 1 amide bonds. The number of carbonyl (C=O) groups excluding carboxylic acids is 1. The molecular weight excluding hydrogens is 400 g/mol. The van der Waals surface area contributed by atoms with Crippen molar-refractivity contribution in [3.63, 3.8) is 0 Å². The van der Waals surface area contributed by atoms with Crippen LogP contribution in [0.1, 0.15) is 60.9 Å². The highest BCUT2D eigenvalue weighted by Crippen LogP contribution is 2.22. The molecule has 7 heteroatoms. The van der Waals surface area contributed by atoms with Crippen LogP contribution in [0, 0.1) is 6.92 Å². The minimum atomic E-state index is -0.152. The van der Waals surface area contributed by atoms with Gasteiger partial charge in [0.15, 0.2) is 0 Å². The van der Waals surface area contributed by atoms with Crippen LogP contribution in [0.2, 0.25) is 5.02 Å². The number of fused-ring (bicyclic) bond motifs is 1. The first kappa shape index (κ1) is 22.1. The van der Waals surface area contributed by atoms with E-state index < -0.39 is 0 Å². The first-order chi connectivity index (χ1) is 14.3. The highest BCUT2D eigenvalue weighted by atomic mass is 35.5. The second-order valence-corrected chi connectivity index (χ2v) is 8.23. The second kappa shape index (κ2) is 9.04. The molecule has 0 aliphatic carbocycles. The Hall–Kier alpha value is -2.60. The average Bonchev–Trinajstić information content (AvgIpc) is 3.08. The minimum Gasteiger partial charge on any atom is -0.333 e. The lowest BCUT2D eigenvalue weighted by Gasteiger charge is -2.28. The molecule has 0 saturated heterocycles. The Morgan fingerprint density at radius 2 is 2.00 bits per heavy atom. The second-order valence-electron chi connectivity index (χ2n) is 7.79. The molecule has 1 unspecified atom stereocenters. The number of aryl methyl sites for hydroxylation is 3. The van der Waals surface area contributed by atoms with Crippen molar-refractivity contribution in [3.8, 4) is 0 Å². The zero-order valence-electron chi connectivity index (χ0n) is 18.3. The fourth-order valence-corrected chi connectivity index (χ4v) is 3.91. The van der Waals surface area contributed by atoms with Gasteiger partial charge >= 0.3 is 0 Å². The van der Waals surface area contributed by atoms with E-state index in [4.69, 9.17) is 11.6 Å². The van der Waals surface area contributed by atoms with Crippen molar-refractivity contribution in [2.24, 2.45) is 7.05 Å². The van der Waals surface area contributed by atoms with Crippen LogP contribution in [-0.2, 0) is 20.0 Å². The molecule has 0 radical (unpaired) electrons. The predicted octanol–water partition coefficient (Wildman–Crippen LogP) is 4.39. The number of benzene rings is 1. The van der Waals surface area contributed by atoms with Gasteiger partial charge in [0, 0.05) is 41.0 Å². The Labute approximate surface area is 182 Å². The van der Waals surface area contributed by atoms with E-state index in [0.717, 1.165) is 41.9 Å². The molecule has 160 valence electrons. The summed E-state index contributed by atoms with van der Waals surface area (Å²) in [4.78, 5) is 27.7. The first-order valence-corrected chi connectivity index (χ1v) is 10.8. The summed E-state index contributed by atoms with van der Waals surface area (Å²) in [6.45, 7) is 8.44. The standard InChI is InChI=1S/C23H29ClN4O2/c1-6-9-19-20(25-28-21(29)12-16(4)26(5)22(19)28)14-27(15(3)7-2)23(30)17-10-8-11-18(24)13-17/h8,10-13,15H,6-7,9,14H2,1-5H3. The largest absolute Gasteiger partial charge is 0.333 e. The summed E-state index contributed by atoms with van der Waals surface area (Å²) in [7, 11) is 1.94. The van der Waals surface area contributed by atoms with Gasteiger partial charge in [-0.15, -0.1) is 0 Å². The van der Waals surface area contributed by atoms with Gasteiger partial charge in [-0.25, -0.2) is 0 Å². The average molecular weight is 429 g/mol. The van der Waals surface area contributed by atoms with Gasteiger partial charge in [0.05, 0.1) is 12.2 Å². The van der Waals surface area contributed by atoms with Crippen LogP contribution in [0.25, 0.3) is 5.65 Å². The van der Waals surface area contributed by atoms with E-state index in [9.17, 15) is 9.59 Å². The maximum atomic E-state index is 13.3.